The molecule has 172 valence electrons. The van der Waals surface area contributed by atoms with Crippen molar-refractivity contribution in [3.63, 3.8) is 0 Å². The lowest BCUT2D eigenvalue weighted by molar-refractivity contribution is -0.231. The van der Waals surface area contributed by atoms with Crippen LogP contribution in [0.1, 0.15) is 65.5 Å². The standard InChI is InChI=1S/C26H32O6/c27-14-22-23(28)24(29)25(30)26(32-22)18-7-8-20(16-3-1-4-16)19(13-18)12-15-6-9-21-17(11-15)5-2-10-31-21/h6-9,11,13,16,22-30H,1-5,10,12,14H2/t22-,23-,24+,25-,26+/m1/s1. The molecule has 2 aromatic rings. The molecule has 4 N–H and O–H groups in total. The van der Waals surface area contributed by atoms with E-state index in [1.165, 1.54) is 41.5 Å². The minimum absolute atomic E-state index is 0.425. The Labute approximate surface area is 188 Å². The Kier molecular flexibility index (Phi) is 6.23. The molecule has 5 rings (SSSR count). The van der Waals surface area contributed by atoms with Gasteiger partial charge in [-0.3, -0.25) is 0 Å². The molecule has 0 spiro atoms. The van der Waals surface area contributed by atoms with Gasteiger partial charge >= 0.3 is 0 Å². The Morgan fingerprint density at radius 1 is 0.906 bits per heavy atom. The SMILES string of the molecule is OC[C@H]1O[C@@H](c2ccc(C3CCC3)c(Cc3ccc4c(c3)CCCO4)c2)[C@H](O)[C@@H](O)[C@@H]1O. The maximum absolute atomic E-state index is 10.6. The van der Waals surface area contributed by atoms with Gasteiger partial charge in [-0.2, -0.15) is 0 Å². The van der Waals surface area contributed by atoms with Gasteiger partial charge in [0, 0.05) is 0 Å². The number of rotatable bonds is 5. The van der Waals surface area contributed by atoms with Crippen LogP contribution in [0.25, 0.3) is 0 Å². The number of fused-ring (bicyclic) bond motifs is 1. The van der Waals surface area contributed by atoms with Gasteiger partial charge in [0.2, 0.25) is 0 Å². The fourth-order valence-electron chi connectivity index (χ4n) is 5.19. The first-order valence-electron chi connectivity index (χ1n) is 11.7. The normalized spacial score (nSPS) is 30.3. The molecule has 2 heterocycles. The fraction of sp³-hybridized carbons (Fsp3) is 0.538. The van der Waals surface area contributed by atoms with Crippen molar-refractivity contribution in [3.8, 4) is 5.75 Å². The van der Waals surface area contributed by atoms with Gasteiger partial charge in [0.05, 0.1) is 13.2 Å². The molecule has 1 saturated carbocycles. The fourth-order valence-corrected chi connectivity index (χ4v) is 5.19. The number of aryl methyl sites for hydroxylation is 1. The third kappa shape index (κ3) is 4.06. The van der Waals surface area contributed by atoms with E-state index >= 15 is 0 Å². The Hall–Kier alpha value is -1.96. The Bertz CT molecular complexity index is 953. The quantitative estimate of drug-likeness (QED) is 0.570. The molecule has 0 amide bonds. The minimum Gasteiger partial charge on any atom is -0.493 e. The van der Waals surface area contributed by atoms with Gasteiger partial charge in [-0.25, -0.2) is 0 Å². The first kappa shape index (κ1) is 21.9. The molecule has 1 saturated heterocycles. The smallest absolute Gasteiger partial charge is 0.122 e. The van der Waals surface area contributed by atoms with E-state index < -0.39 is 37.1 Å². The second-order valence-corrected chi connectivity index (χ2v) is 9.41. The van der Waals surface area contributed by atoms with E-state index in [2.05, 4.69) is 30.3 Å². The van der Waals surface area contributed by atoms with Crippen molar-refractivity contribution >= 4 is 0 Å². The maximum atomic E-state index is 10.6. The molecule has 2 aromatic carbocycles. The van der Waals surface area contributed by atoms with Crippen LogP contribution in [0.4, 0.5) is 0 Å². The average molecular weight is 441 g/mol. The van der Waals surface area contributed by atoms with E-state index in [9.17, 15) is 20.4 Å². The molecule has 0 aromatic heterocycles. The zero-order valence-corrected chi connectivity index (χ0v) is 18.2. The molecular weight excluding hydrogens is 408 g/mol. The zero-order chi connectivity index (χ0) is 22.2. The summed E-state index contributed by atoms with van der Waals surface area (Å²) in [6.07, 6.45) is 0.744. The highest BCUT2D eigenvalue weighted by Crippen LogP contribution is 2.41. The van der Waals surface area contributed by atoms with E-state index in [1.807, 2.05) is 6.07 Å². The molecule has 0 radical (unpaired) electrons. The van der Waals surface area contributed by atoms with E-state index in [0.717, 1.165) is 37.2 Å². The molecule has 6 nitrogen and oxygen atoms in total. The Balaban J connectivity index is 1.46. The third-order valence-electron chi connectivity index (χ3n) is 7.30. The van der Waals surface area contributed by atoms with Gasteiger partial charge in [0.25, 0.3) is 0 Å². The van der Waals surface area contributed by atoms with Crippen LogP contribution in [-0.2, 0) is 17.6 Å². The Morgan fingerprint density at radius 3 is 2.50 bits per heavy atom. The van der Waals surface area contributed by atoms with E-state index in [4.69, 9.17) is 9.47 Å². The van der Waals surface area contributed by atoms with Crippen molar-refractivity contribution in [1.82, 2.24) is 0 Å². The molecule has 6 heteroatoms. The molecule has 1 aliphatic carbocycles. The predicted octanol–water partition coefficient (Wildman–Crippen LogP) is 2.38. The lowest BCUT2D eigenvalue weighted by Crippen LogP contribution is -2.55. The second kappa shape index (κ2) is 9.12. The average Bonchev–Trinajstić information content (AvgIpc) is 2.78. The maximum Gasteiger partial charge on any atom is 0.122 e. The minimum atomic E-state index is -1.37. The molecule has 32 heavy (non-hydrogen) atoms. The molecule has 3 aliphatic rings. The monoisotopic (exact) mass is 440 g/mol. The summed E-state index contributed by atoms with van der Waals surface area (Å²) < 4.78 is 11.6. The van der Waals surface area contributed by atoms with Crippen molar-refractivity contribution in [1.29, 1.82) is 0 Å². The van der Waals surface area contributed by atoms with Crippen LogP contribution < -0.4 is 4.74 Å². The molecule has 0 unspecified atom stereocenters. The zero-order valence-electron chi connectivity index (χ0n) is 18.2. The molecule has 2 fully saturated rings. The highest BCUT2D eigenvalue weighted by Gasteiger charge is 2.44. The molecule has 0 bridgehead atoms. The summed E-state index contributed by atoms with van der Waals surface area (Å²) in [5.41, 5.74) is 5.76. The number of aliphatic hydroxyl groups excluding tert-OH is 4. The van der Waals surface area contributed by atoms with Gasteiger partial charge in [-0.05, 0) is 71.9 Å². The van der Waals surface area contributed by atoms with Crippen molar-refractivity contribution in [2.75, 3.05) is 13.2 Å². The summed E-state index contributed by atoms with van der Waals surface area (Å²) in [5, 5.41) is 40.5. The summed E-state index contributed by atoms with van der Waals surface area (Å²) >= 11 is 0. The van der Waals surface area contributed by atoms with Crippen LogP contribution in [0.3, 0.4) is 0 Å². The van der Waals surface area contributed by atoms with Crippen molar-refractivity contribution in [2.24, 2.45) is 0 Å². The van der Waals surface area contributed by atoms with Gasteiger partial charge < -0.3 is 29.9 Å². The number of aliphatic hydroxyl groups is 4. The Morgan fingerprint density at radius 2 is 1.75 bits per heavy atom. The lowest BCUT2D eigenvalue weighted by Gasteiger charge is -2.40. The van der Waals surface area contributed by atoms with Crippen molar-refractivity contribution in [3.05, 3.63) is 64.2 Å². The number of benzene rings is 2. The summed E-state index contributed by atoms with van der Waals surface area (Å²) in [6, 6.07) is 12.6. The summed E-state index contributed by atoms with van der Waals surface area (Å²) in [5.74, 6) is 1.53. The predicted molar refractivity (Wildman–Crippen MR) is 119 cm³/mol. The lowest BCUT2D eigenvalue weighted by atomic mass is 9.76. The van der Waals surface area contributed by atoms with Gasteiger partial charge in [-0.15, -0.1) is 0 Å². The van der Waals surface area contributed by atoms with Crippen LogP contribution in [0, 0.1) is 0 Å². The first-order valence-corrected chi connectivity index (χ1v) is 11.7. The number of ether oxygens (including phenoxy) is 2. The number of hydrogen-bond acceptors (Lipinski definition) is 6. The van der Waals surface area contributed by atoms with E-state index in [0.29, 0.717) is 5.92 Å². The van der Waals surface area contributed by atoms with Crippen LogP contribution in [-0.4, -0.2) is 58.1 Å². The van der Waals surface area contributed by atoms with E-state index in [1.54, 1.807) is 0 Å². The van der Waals surface area contributed by atoms with Crippen LogP contribution in [0.15, 0.2) is 36.4 Å². The van der Waals surface area contributed by atoms with Crippen LogP contribution in [0.2, 0.25) is 0 Å². The third-order valence-corrected chi connectivity index (χ3v) is 7.30. The van der Waals surface area contributed by atoms with Crippen molar-refractivity contribution < 1.29 is 29.9 Å². The van der Waals surface area contributed by atoms with Crippen molar-refractivity contribution in [2.45, 2.75) is 75.0 Å². The topological polar surface area (TPSA) is 99.4 Å². The van der Waals surface area contributed by atoms with Gasteiger partial charge in [-0.1, -0.05) is 36.8 Å². The first-order chi connectivity index (χ1) is 15.5. The summed E-state index contributed by atoms with van der Waals surface area (Å²) in [6.45, 7) is 0.352. The van der Waals surface area contributed by atoms with Crippen LogP contribution in [0.5, 0.6) is 5.75 Å². The van der Waals surface area contributed by atoms with Crippen LogP contribution >= 0.6 is 0 Å². The highest BCUT2D eigenvalue weighted by atomic mass is 16.5. The molecule has 2 aliphatic heterocycles. The van der Waals surface area contributed by atoms with Gasteiger partial charge in [0.15, 0.2) is 0 Å². The van der Waals surface area contributed by atoms with E-state index in [-0.39, 0.29) is 0 Å². The second-order valence-electron chi connectivity index (χ2n) is 9.41. The largest absolute Gasteiger partial charge is 0.493 e. The van der Waals surface area contributed by atoms with Gasteiger partial charge in [0.1, 0.15) is 36.3 Å². The summed E-state index contributed by atoms with van der Waals surface area (Å²) in [4.78, 5) is 0. The molecule has 5 atom stereocenters. The number of hydrogen-bond donors (Lipinski definition) is 4. The highest BCUT2D eigenvalue weighted by molar-refractivity contribution is 5.44. The summed E-state index contributed by atoms with van der Waals surface area (Å²) in [7, 11) is 0. The molecular formula is C26H32O6.